The Kier molecular flexibility index (Phi) is 5.97. The molecule has 1 N–H and O–H groups in total. The summed E-state index contributed by atoms with van der Waals surface area (Å²) in [5, 5.41) is 10.7. The highest BCUT2D eigenvalue weighted by Crippen LogP contribution is 2.33. The van der Waals surface area contributed by atoms with E-state index in [0.717, 1.165) is 51.1 Å². The lowest BCUT2D eigenvalue weighted by molar-refractivity contribution is -0.0560. The second kappa shape index (κ2) is 7.34. The summed E-state index contributed by atoms with van der Waals surface area (Å²) in [5.41, 5.74) is -0.560. The molecular formula is C16H30F2N2O. The van der Waals surface area contributed by atoms with Crippen molar-refractivity contribution >= 4 is 0 Å². The molecule has 3 nitrogen and oxygen atoms in total. The molecule has 1 saturated carbocycles. The second-order valence-corrected chi connectivity index (χ2v) is 7.09. The van der Waals surface area contributed by atoms with Gasteiger partial charge in [0.1, 0.15) is 0 Å². The topological polar surface area (TPSA) is 26.7 Å². The van der Waals surface area contributed by atoms with Gasteiger partial charge in [0.15, 0.2) is 0 Å². The van der Waals surface area contributed by atoms with Crippen molar-refractivity contribution in [1.29, 1.82) is 0 Å². The highest BCUT2D eigenvalue weighted by molar-refractivity contribution is 4.90. The van der Waals surface area contributed by atoms with Gasteiger partial charge in [-0.3, -0.25) is 9.80 Å². The average molecular weight is 304 g/mol. The predicted molar refractivity (Wildman–Crippen MR) is 80.7 cm³/mol. The fourth-order valence-corrected chi connectivity index (χ4v) is 3.78. The van der Waals surface area contributed by atoms with E-state index >= 15 is 0 Å². The number of β-amino-alcohol motifs (C(OH)–C–C–N with tert-alkyl or cyclic N) is 1. The summed E-state index contributed by atoms with van der Waals surface area (Å²) < 4.78 is 25.2. The van der Waals surface area contributed by atoms with E-state index in [0.29, 0.717) is 13.1 Å². The maximum Gasteiger partial charge on any atom is 0.251 e. The van der Waals surface area contributed by atoms with Crippen LogP contribution in [0.2, 0.25) is 0 Å². The molecular weight excluding hydrogens is 274 g/mol. The molecule has 0 aromatic heterocycles. The quantitative estimate of drug-likeness (QED) is 0.846. The van der Waals surface area contributed by atoms with Gasteiger partial charge in [0.2, 0.25) is 0 Å². The van der Waals surface area contributed by atoms with E-state index in [4.69, 9.17) is 0 Å². The maximum atomic E-state index is 12.6. The van der Waals surface area contributed by atoms with Crippen molar-refractivity contribution in [2.24, 2.45) is 5.92 Å². The number of halogens is 2. The Morgan fingerprint density at radius 3 is 2.48 bits per heavy atom. The minimum atomic E-state index is -2.25. The van der Waals surface area contributed by atoms with E-state index in [-0.39, 0.29) is 12.6 Å². The van der Waals surface area contributed by atoms with Gasteiger partial charge in [0, 0.05) is 32.2 Å². The Morgan fingerprint density at radius 2 is 1.90 bits per heavy atom. The molecule has 0 spiro atoms. The van der Waals surface area contributed by atoms with Crippen molar-refractivity contribution in [2.75, 3.05) is 32.7 Å². The number of alkyl halides is 2. The van der Waals surface area contributed by atoms with Crippen LogP contribution in [-0.4, -0.2) is 65.7 Å². The molecule has 0 radical (unpaired) electrons. The molecule has 0 amide bonds. The third-order valence-electron chi connectivity index (χ3n) is 5.26. The summed E-state index contributed by atoms with van der Waals surface area (Å²) in [6, 6.07) is 0.193. The van der Waals surface area contributed by atoms with Crippen LogP contribution in [0, 0.1) is 5.92 Å². The maximum absolute atomic E-state index is 12.6. The molecule has 21 heavy (non-hydrogen) atoms. The van der Waals surface area contributed by atoms with Crippen LogP contribution >= 0.6 is 0 Å². The molecule has 5 heteroatoms. The lowest BCUT2D eigenvalue weighted by atomic mass is 9.79. The third kappa shape index (κ3) is 4.86. The minimum absolute atomic E-state index is 0.117. The second-order valence-electron chi connectivity index (χ2n) is 7.09. The zero-order chi connectivity index (χ0) is 15.5. The molecule has 1 aliphatic heterocycles. The zero-order valence-corrected chi connectivity index (χ0v) is 13.4. The van der Waals surface area contributed by atoms with Gasteiger partial charge in [0.05, 0.1) is 12.1 Å². The third-order valence-corrected chi connectivity index (χ3v) is 5.26. The van der Waals surface area contributed by atoms with Crippen LogP contribution in [0.4, 0.5) is 8.78 Å². The van der Waals surface area contributed by atoms with Gasteiger partial charge < -0.3 is 5.11 Å². The number of aliphatic hydroxyl groups is 1. The molecule has 1 atom stereocenters. The number of piperazine rings is 1. The summed E-state index contributed by atoms with van der Waals surface area (Å²) in [7, 11) is 0. The predicted octanol–water partition coefficient (Wildman–Crippen LogP) is 2.59. The first kappa shape index (κ1) is 17.1. The van der Waals surface area contributed by atoms with Gasteiger partial charge >= 0.3 is 0 Å². The molecule has 2 fully saturated rings. The fourth-order valence-electron chi connectivity index (χ4n) is 3.78. The summed E-state index contributed by atoms with van der Waals surface area (Å²) in [6.45, 7) is 7.18. The van der Waals surface area contributed by atoms with E-state index in [9.17, 15) is 13.9 Å². The molecule has 2 aliphatic rings. The standard InChI is InChI=1S/C16H30F2N2O/c1-3-14-10-19(8-9-20(14)11-15(17)18)12-16(21)6-4-13(2)5-7-16/h13-15,21H,3-12H2,1-2H3/t13?,14-,16?/m0/s1. The van der Waals surface area contributed by atoms with Crippen molar-refractivity contribution in [2.45, 2.75) is 64.0 Å². The first-order valence-electron chi connectivity index (χ1n) is 8.39. The Labute approximate surface area is 127 Å². The molecule has 1 saturated heterocycles. The Hall–Kier alpha value is -0.260. The van der Waals surface area contributed by atoms with Crippen molar-refractivity contribution in [3.8, 4) is 0 Å². The van der Waals surface area contributed by atoms with Crippen LogP contribution in [-0.2, 0) is 0 Å². The molecule has 2 rings (SSSR count). The highest BCUT2D eigenvalue weighted by atomic mass is 19.3. The average Bonchev–Trinajstić information content (AvgIpc) is 2.43. The highest BCUT2D eigenvalue weighted by Gasteiger charge is 2.36. The van der Waals surface area contributed by atoms with Gasteiger partial charge in [0.25, 0.3) is 6.43 Å². The van der Waals surface area contributed by atoms with Gasteiger partial charge in [-0.1, -0.05) is 13.8 Å². The van der Waals surface area contributed by atoms with Gasteiger partial charge in [-0.05, 0) is 38.0 Å². The van der Waals surface area contributed by atoms with E-state index in [1.807, 2.05) is 4.90 Å². The largest absolute Gasteiger partial charge is 0.389 e. The monoisotopic (exact) mass is 304 g/mol. The molecule has 0 aromatic rings. The zero-order valence-electron chi connectivity index (χ0n) is 13.4. The normalized spacial score (nSPS) is 36.3. The SMILES string of the molecule is CC[C@H]1CN(CC2(O)CCC(C)CC2)CCN1CC(F)F. The Balaban J connectivity index is 1.85. The fraction of sp³-hybridized carbons (Fsp3) is 1.00. The van der Waals surface area contributed by atoms with Gasteiger partial charge in [-0.2, -0.15) is 0 Å². The first-order valence-corrected chi connectivity index (χ1v) is 8.39. The van der Waals surface area contributed by atoms with Crippen LogP contribution in [0.3, 0.4) is 0 Å². The van der Waals surface area contributed by atoms with E-state index < -0.39 is 12.0 Å². The Morgan fingerprint density at radius 1 is 1.24 bits per heavy atom. The van der Waals surface area contributed by atoms with E-state index in [2.05, 4.69) is 18.7 Å². The van der Waals surface area contributed by atoms with Crippen molar-refractivity contribution < 1.29 is 13.9 Å². The van der Waals surface area contributed by atoms with E-state index in [1.54, 1.807) is 0 Å². The van der Waals surface area contributed by atoms with Gasteiger partial charge in [-0.15, -0.1) is 0 Å². The molecule has 124 valence electrons. The molecule has 0 bridgehead atoms. The minimum Gasteiger partial charge on any atom is -0.389 e. The number of hydrogen-bond donors (Lipinski definition) is 1. The van der Waals surface area contributed by atoms with Crippen LogP contribution in [0.1, 0.15) is 46.0 Å². The number of nitrogens with zero attached hydrogens (tertiary/aromatic N) is 2. The number of hydrogen-bond acceptors (Lipinski definition) is 3. The van der Waals surface area contributed by atoms with E-state index in [1.165, 1.54) is 0 Å². The molecule has 0 unspecified atom stereocenters. The summed E-state index contributed by atoms with van der Waals surface area (Å²) in [6.07, 6.45) is 2.58. The van der Waals surface area contributed by atoms with Crippen LogP contribution in [0.15, 0.2) is 0 Å². The molecule has 1 aliphatic carbocycles. The van der Waals surface area contributed by atoms with Crippen molar-refractivity contribution in [3.63, 3.8) is 0 Å². The van der Waals surface area contributed by atoms with Crippen molar-refractivity contribution in [1.82, 2.24) is 9.80 Å². The molecule has 1 heterocycles. The van der Waals surface area contributed by atoms with Crippen LogP contribution < -0.4 is 0 Å². The van der Waals surface area contributed by atoms with Crippen LogP contribution in [0.5, 0.6) is 0 Å². The first-order chi connectivity index (χ1) is 9.92. The summed E-state index contributed by atoms with van der Waals surface area (Å²) >= 11 is 0. The summed E-state index contributed by atoms with van der Waals surface area (Å²) in [5.74, 6) is 0.719. The summed E-state index contributed by atoms with van der Waals surface area (Å²) in [4.78, 5) is 4.19. The Bertz CT molecular complexity index is 319. The van der Waals surface area contributed by atoms with Crippen molar-refractivity contribution in [3.05, 3.63) is 0 Å². The number of rotatable bonds is 5. The van der Waals surface area contributed by atoms with Gasteiger partial charge in [-0.25, -0.2) is 8.78 Å². The lowest BCUT2D eigenvalue weighted by Gasteiger charge is -2.45. The lowest BCUT2D eigenvalue weighted by Crippen LogP contribution is -2.57. The molecule has 0 aromatic carbocycles. The van der Waals surface area contributed by atoms with Crippen LogP contribution in [0.25, 0.3) is 0 Å². The smallest absolute Gasteiger partial charge is 0.251 e.